The number of amides is 1. The van der Waals surface area contributed by atoms with Gasteiger partial charge in [-0.15, -0.1) is 0 Å². The third-order valence-corrected chi connectivity index (χ3v) is 5.78. The molecular formula is C19H16INO2S2. The number of ether oxygens (including phenoxy) is 1. The summed E-state index contributed by atoms with van der Waals surface area (Å²) in [6, 6.07) is 16.0. The minimum absolute atomic E-state index is 0.0171. The molecule has 6 heteroatoms. The van der Waals surface area contributed by atoms with E-state index in [2.05, 4.69) is 46.9 Å². The van der Waals surface area contributed by atoms with Gasteiger partial charge in [0.1, 0.15) is 16.7 Å². The molecule has 1 heterocycles. The number of nitrogens with zero attached hydrogens (tertiary/aromatic N) is 1. The van der Waals surface area contributed by atoms with Gasteiger partial charge in [-0.2, -0.15) is 0 Å². The van der Waals surface area contributed by atoms with E-state index in [9.17, 15) is 4.79 Å². The van der Waals surface area contributed by atoms with Gasteiger partial charge in [-0.1, -0.05) is 48.2 Å². The van der Waals surface area contributed by atoms with Gasteiger partial charge in [0, 0.05) is 10.1 Å². The highest BCUT2D eigenvalue weighted by Gasteiger charge is 2.30. The summed E-state index contributed by atoms with van der Waals surface area (Å²) in [5, 5.41) is 0. The maximum absolute atomic E-state index is 12.2. The van der Waals surface area contributed by atoms with E-state index in [0.29, 0.717) is 22.4 Å². The fourth-order valence-corrected chi connectivity index (χ4v) is 4.08. The van der Waals surface area contributed by atoms with Crippen LogP contribution >= 0.6 is 46.6 Å². The fraction of sp³-hybridized carbons (Fsp3) is 0.158. The van der Waals surface area contributed by atoms with Crippen molar-refractivity contribution >= 4 is 62.9 Å². The molecule has 0 unspecified atom stereocenters. The largest absolute Gasteiger partial charge is 0.489 e. The van der Waals surface area contributed by atoms with E-state index in [4.69, 9.17) is 17.0 Å². The summed E-state index contributed by atoms with van der Waals surface area (Å²) in [7, 11) is 0. The molecule has 0 saturated carbocycles. The second-order valence-electron chi connectivity index (χ2n) is 5.41. The van der Waals surface area contributed by atoms with Crippen LogP contribution in [0.15, 0.2) is 53.4 Å². The average molecular weight is 481 g/mol. The molecule has 3 rings (SSSR count). The Morgan fingerprint density at radius 2 is 1.84 bits per heavy atom. The van der Waals surface area contributed by atoms with Crippen LogP contribution in [0.1, 0.15) is 18.1 Å². The molecule has 1 amide bonds. The van der Waals surface area contributed by atoms with Gasteiger partial charge < -0.3 is 4.74 Å². The first-order valence-electron chi connectivity index (χ1n) is 7.79. The van der Waals surface area contributed by atoms with Crippen LogP contribution in [-0.4, -0.2) is 21.7 Å². The summed E-state index contributed by atoms with van der Waals surface area (Å²) in [6.45, 7) is 3.06. The zero-order valence-corrected chi connectivity index (χ0v) is 17.4. The lowest BCUT2D eigenvalue weighted by molar-refractivity contribution is -0.121. The Bertz CT molecular complexity index is 816. The SMILES string of the molecule is CCN1C(=O)/C(=C/c2ccc(OCc3ccc(I)cc3)cc2)SC1=S. The number of halogens is 1. The van der Waals surface area contributed by atoms with Crippen molar-refractivity contribution < 1.29 is 9.53 Å². The number of rotatable bonds is 5. The first kappa shape index (κ1) is 18.4. The van der Waals surface area contributed by atoms with Crippen LogP contribution in [0.25, 0.3) is 6.08 Å². The van der Waals surface area contributed by atoms with Crippen molar-refractivity contribution in [3.05, 3.63) is 68.1 Å². The van der Waals surface area contributed by atoms with Gasteiger partial charge in [0.15, 0.2) is 0 Å². The molecule has 2 aromatic carbocycles. The van der Waals surface area contributed by atoms with Gasteiger partial charge in [-0.25, -0.2) is 0 Å². The van der Waals surface area contributed by atoms with Gasteiger partial charge in [-0.05, 0) is 71.0 Å². The summed E-state index contributed by atoms with van der Waals surface area (Å²) in [6.07, 6.45) is 1.87. The maximum Gasteiger partial charge on any atom is 0.266 e. The second-order valence-corrected chi connectivity index (χ2v) is 8.33. The number of carbonyl (C=O) groups is 1. The first-order chi connectivity index (χ1) is 12.1. The number of benzene rings is 2. The van der Waals surface area contributed by atoms with Crippen LogP contribution < -0.4 is 4.74 Å². The molecule has 25 heavy (non-hydrogen) atoms. The van der Waals surface area contributed by atoms with Gasteiger partial charge >= 0.3 is 0 Å². The molecule has 3 nitrogen and oxygen atoms in total. The Morgan fingerprint density at radius 1 is 1.16 bits per heavy atom. The van der Waals surface area contributed by atoms with Crippen molar-refractivity contribution in [2.45, 2.75) is 13.5 Å². The van der Waals surface area contributed by atoms with Crippen molar-refractivity contribution in [2.75, 3.05) is 6.54 Å². The number of thioether (sulfide) groups is 1. The summed E-state index contributed by atoms with van der Waals surface area (Å²) in [4.78, 5) is 14.5. The molecule has 0 atom stereocenters. The minimum atomic E-state index is -0.0171. The fourth-order valence-electron chi connectivity index (χ4n) is 2.33. The van der Waals surface area contributed by atoms with Crippen LogP contribution in [0.3, 0.4) is 0 Å². The highest BCUT2D eigenvalue weighted by atomic mass is 127. The predicted octanol–water partition coefficient (Wildman–Crippen LogP) is 5.09. The molecule has 0 radical (unpaired) electrons. The normalized spacial score (nSPS) is 15.9. The Labute approximate surface area is 170 Å². The number of carbonyl (C=O) groups excluding carboxylic acids is 1. The summed E-state index contributed by atoms with van der Waals surface area (Å²) < 4.78 is 7.63. The van der Waals surface area contributed by atoms with Gasteiger partial charge in [0.25, 0.3) is 5.91 Å². The van der Waals surface area contributed by atoms with E-state index in [0.717, 1.165) is 16.9 Å². The van der Waals surface area contributed by atoms with Crippen LogP contribution in [0.2, 0.25) is 0 Å². The summed E-state index contributed by atoms with van der Waals surface area (Å²) in [5.74, 6) is 0.786. The Hall–Kier alpha value is -1.38. The lowest BCUT2D eigenvalue weighted by Crippen LogP contribution is -2.27. The Morgan fingerprint density at radius 3 is 2.44 bits per heavy atom. The molecule has 2 aromatic rings. The third kappa shape index (κ3) is 4.62. The van der Waals surface area contributed by atoms with E-state index >= 15 is 0 Å². The van der Waals surface area contributed by atoms with Crippen molar-refractivity contribution in [1.82, 2.24) is 4.90 Å². The number of hydrogen-bond donors (Lipinski definition) is 0. The standard InChI is InChI=1S/C19H16INO2S2/c1-2-21-18(22)17(25-19(21)24)11-13-5-9-16(10-6-13)23-12-14-3-7-15(20)8-4-14/h3-11H,2,12H2,1H3/b17-11-. The van der Waals surface area contributed by atoms with E-state index in [-0.39, 0.29) is 5.91 Å². The zero-order chi connectivity index (χ0) is 17.8. The predicted molar refractivity (Wildman–Crippen MR) is 115 cm³/mol. The summed E-state index contributed by atoms with van der Waals surface area (Å²) in [5.41, 5.74) is 2.09. The quantitative estimate of drug-likeness (QED) is 0.338. The van der Waals surface area contributed by atoms with Crippen LogP contribution in [-0.2, 0) is 11.4 Å². The van der Waals surface area contributed by atoms with E-state index in [1.165, 1.54) is 15.3 Å². The van der Waals surface area contributed by atoms with Crippen LogP contribution in [0.5, 0.6) is 5.75 Å². The zero-order valence-electron chi connectivity index (χ0n) is 13.6. The monoisotopic (exact) mass is 481 g/mol. The van der Waals surface area contributed by atoms with E-state index in [1.807, 2.05) is 37.3 Å². The molecule has 0 aliphatic carbocycles. The third-order valence-electron chi connectivity index (χ3n) is 3.69. The van der Waals surface area contributed by atoms with E-state index < -0.39 is 0 Å². The Balaban J connectivity index is 1.64. The van der Waals surface area contributed by atoms with Crippen LogP contribution in [0, 0.1) is 3.57 Å². The first-order valence-corrected chi connectivity index (χ1v) is 10.1. The maximum atomic E-state index is 12.2. The smallest absolute Gasteiger partial charge is 0.266 e. The summed E-state index contributed by atoms with van der Waals surface area (Å²) >= 11 is 8.86. The molecule has 128 valence electrons. The molecule has 1 fully saturated rings. The topological polar surface area (TPSA) is 29.5 Å². The average Bonchev–Trinajstić information content (AvgIpc) is 2.88. The van der Waals surface area contributed by atoms with Gasteiger partial charge in [0.05, 0.1) is 4.91 Å². The molecular weight excluding hydrogens is 465 g/mol. The Kier molecular flexibility index (Phi) is 6.14. The molecule has 0 aromatic heterocycles. The second kappa shape index (κ2) is 8.33. The lowest BCUT2D eigenvalue weighted by atomic mass is 10.2. The van der Waals surface area contributed by atoms with Gasteiger partial charge in [-0.3, -0.25) is 9.69 Å². The molecule has 0 bridgehead atoms. The minimum Gasteiger partial charge on any atom is -0.489 e. The number of thiocarbonyl (C=S) groups is 1. The molecule has 1 aliphatic rings. The van der Waals surface area contributed by atoms with E-state index in [1.54, 1.807) is 4.90 Å². The highest BCUT2D eigenvalue weighted by Crippen LogP contribution is 2.32. The molecule has 0 N–H and O–H groups in total. The highest BCUT2D eigenvalue weighted by molar-refractivity contribution is 14.1. The van der Waals surface area contributed by atoms with Crippen molar-refractivity contribution in [3.63, 3.8) is 0 Å². The number of hydrogen-bond acceptors (Lipinski definition) is 4. The van der Waals surface area contributed by atoms with Crippen molar-refractivity contribution in [3.8, 4) is 5.75 Å². The lowest BCUT2D eigenvalue weighted by Gasteiger charge is -2.09. The molecule has 1 aliphatic heterocycles. The molecule has 1 saturated heterocycles. The molecule has 0 spiro atoms. The van der Waals surface area contributed by atoms with Crippen molar-refractivity contribution in [2.24, 2.45) is 0 Å². The van der Waals surface area contributed by atoms with Crippen LogP contribution in [0.4, 0.5) is 0 Å². The van der Waals surface area contributed by atoms with Crippen molar-refractivity contribution in [1.29, 1.82) is 0 Å². The van der Waals surface area contributed by atoms with Gasteiger partial charge in [0.2, 0.25) is 0 Å². The number of likely N-dealkylation sites (N-methyl/N-ethyl adjacent to an activating group) is 1.